The first kappa shape index (κ1) is 13.8. The maximum absolute atomic E-state index is 9.21. The number of methoxy groups -OCH3 is 1. The highest BCUT2D eigenvalue weighted by molar-refractivity contribution is 5.74. The van der Waals surface area contributed by atoms with Crippen molar-refractivity contribution in [2.45, 2.75) is 6.92 Å². The molecule has 0 bridgehead atoms. The quantitative estimate of drug-likeness (QED) is 0.864. The van der Waals surface area contributed by atoms with Crippen molar-refractivity contribution in [3.8, 4) is 28.7 Å². The SMILES string of the molecule is CCOc1ccc(-c2ccc(N)cc2C#N)cc1OC. The molecule has 0 saturated carbocycles. The van der Waals surface area contributed by atoms with Gasteiger partial charge in [0.15, 0.2) is 11.5 Å². The van der Waals surface area contributed by atoms with Crippen molar-refractivity contribution in [2.24, 2.45) is 0 Å². The monoisotopic (exact) mass is 268 g/mol. The second-order valence-corrected chi connectivity index (χ2v) is 4.22. The van der Waals surface area contributed by atoms with Gasteiger partial charge in [0.05, 0.1) is 25.3 Å². The standard InChI is InChI=1S/C16H16N2O2/c1-3-20-15-7-4-11(9-16(15)19-2)14-6-5-13(18)8-12(14)10-17/h4-9H,3,18H2,1-2H3. The Bertz CT molecular complexity index is 660. The molecule has 2 N–H and O–H groups in total. The Morgan fingerprint density at radius 1 is 1.15 bits per heavy atom. The van der Waals surface area contributed by atoms with E-state index in [4.69, 9.17) is 15.2 Å². The predicted molar refractivity (Wildman–Crippen MR) is 78.7 cm³/mol. The predicted octanol–water partition coefficient (Wildman–Crippen LogP) is 3.21. The van der Waals surface area contributed by atoms with Crippen LogP contribution in [0.4, 0.5) is 5.69 Å². The highest BCUT2D eigenvalue weighted by Gasteiger charge is 2.10. The van der Waals surface area contributed by atoms with Crippen LogP contribution >= 0.6 is 0 Å². The van der Waals surface area contributed by atoms with E-state index in [1.54, 1.807) is 19.2 Å². The molecule has 0 unspecified atom stereocenters. The minimum atomic E-state index is 0.538. The van der Waals surface area contributed by atoms with Crippen LogP contribution in [0.25, 0.3) is 11.1 Å². The molecule has 0 heterocycles. The van der Waals surface area contributed by atoms with E-state index in [9.17, 15) is 5.26 Å². The molecule has 0 aliphatic carbocycles. The zero-order valence-corrected chi connectivity index (χ0v) is 11.5. The molecule has 0 amide bonds. The number of anilines is 1. The number of rotatable bonds is 4. The van der Waals surface area contributed by atoms with Gasteiger partial charge in [-0.25, -0.2) is 0 Å². The fourth-order valence-electron chi connectivity index (χ4n) is 2.02. The Balaban J connectivity index is 2.51. The van der Waals surface area contributed by atoms with Crippen LogP contribution in [-0.4, -0.2) is 13.7 Å². The highest BCUT2D eigenvalue weighted by Crippen LogP contribution is 2.34. The first-order valence-electron chi connectivity index (χ1n) is 6.30. The summed E-state index contributed by atoms with van der Waals surface area (Å²) in [5.74, 6) is 1.33. The Morgan fingerprint density at radius 3 is 2.60 bits per heavy atom. The van der Waals surface area contributed by atoms with E-state index in [0.717, 1.165) is 11.1 Å². The summed E-state index contributed by atoms with van der Waals surface area (Å²) in [4.78, 5) is 0. The van der Waals surface area contributed by atoms with Gasteiger partial charge in [-0.15, -0.1) is 0 Å². The number of nitriles is 1. The first-order valence-corrected chi connectivity index (χ1v) is 6.30. The van der Waals surface area contributed by atoms with Gasteiger partial charge in [0.1, 0.15) is 0 Å². The van der Waals surface area contributed by atoms with Crippen LogP contribution in [-0.2, 0) is 0 Å². The molecule has 0 radical (unpaired) electrons. The fraction of sp³-hybridized carbons (Fsp3) is 0.188. The minimum absolute atomic E-state index is 0.538. The largest absolute Gasteiger partial charge is 0.493 e. The second-order valence-electron chi connectivity index (χ2n) is 4.22. The summed E-state index contributed by atoms with van der Waals surface area (Å²) in [6.45, 7) is 2.49. The number of benzene rings is 2. The molecule has 4 heteroatoms. The number of nitrogens with zero attached hydrogens (tertiary/aromatic N) is 1. The third kappa shape index (κ3) is 2.67. The lowest BCUT2D eigenvalue weighted by atomic mass is 9.99. The van der Waals surface area contributed by atoms with E-state index in [2.05, 4.69) is 6.07 Å². The summed E-state index contributed by atoms with van der Waals surface area (Å²) >= 11 is 0. The fourth-order valence-corrected chi connectivity index (χ4v) is 2.02. The Morgan fingerprint density at radius 2 is 1.95 bits per heavy atom. The molecule has 2 aromatic carbocycles. The Labute approximate surface area is 118 Å². The van der Waals surface area contributed by atoms with Crippen molar-refractivity contribution in [3.63, 3.8) is 0 Å². The highest BCUT2D eigenvalue weighted by atomic mass is 16.5. The topological polar surface area (TPSA) is 68.3 Å². The average molecular weight is 268 g/mol. The van der Waals surface area contributed by atoms with Crippen LogP contribution in [0.2, 0.25) is 0 Å². The number of hydrogen-bond donors (Lipinski definition) is 1. The van der Waals surface area contributed by atoms with Crippen LogP contribution in [0.15, 0.2) is 36.4 Å². The molecule has 102 valence electrons. The molecule has 0 aliphatic rings. The van der Waals surface area contributed by atoms with Gasteiger partial charge >= 0.3 is 0 Å². The lowest BCUT2D eigenvalue weighted by Gasteiger charge is -2.12. The third-order valence-electron chi connectivity index (χ3n) is 2.94. The van der Waals surface area contributed by atoms with Gasteiger partial charge in [0.2, 0.25) is 0 Å². The molecular formula is C16H16N2O2. The van der Waals surface area contributed by atoms with Crippen LogP contribution in [0.3, 0.4) is 0 Å². The third-order valence-corrected chi connectivity index (χ3v) is 2.94. The van der Waals surface area contributed by atoms with Crippen molar-refractivity contribution in [1.29, 1.82) is 5.26 Å². The van der Waals surface area contributed by atoms with Crippen LogP contribution in [0.1, 0.15) is 12.5 Å². The van der Waals surface area contributed by atoms with E-state index in [1.807, 2.05) is 31.2 Å². The summed E-state index contributed by atoms with van der Waals surface area (Å²) in [5.41, 5.74) is 8.53. The summed E-state index contributed by atoms with van der Waals surface area (Å²) < 4.78 is 10.8. The van der Waals surface area contributed by atoms with Crippen molar-refractivity contribution in [1.82, 2.24) is 0 Å². The lowest BCUT2D eigenvalue weighted by molar-refractivity contribution is 0.311. The number of ether oxygens (including phenoxy) is 2. The van der Waals surface area contributed by atoms with Gasteiger partial charge in [0, 0.05) is 5.69 Å². The molecule has 20 heavy (non-hydrogen) atoms. The zero-order chi connectivity index (χ0) is 14.5. The van der Waals surface area contributed by atoms with E-state index in [0.29, 0.717) is 29.4 Å². The lowest BCUT2D eigenvalue weighted by Crippen LogP contribution is -1.96. The Kier molecular flexibility index (Phi) is 4.11. The normalized spacial score (nSPS) is 9.85. The molecule has 4 nitrogen and oxygen atoms in total. The van der Waals surface area contributed by atoms with Crippen molar-refractivity contribution >= 4 is 5.69 Å². The van der Waals surface area contributed by atoms with Gasteiger partial charge in [-0.3, -0.25) is 0 Å². The molecular weight excluding hydrogens is 252 g/mol. The molecule has 2 aromatic rings. The minimum Gasteiger partial charge on any atom is -0.493 e. The molecule has 0 fully saturated rings. The maximum atomic E-state index is 9.21. The molecule has 0 spiro atoms. The van der Waals surface area contributed by atoms with Crippen molar-refractivity contribution in [3.05, 3.63) is 42.0 Å². The summed E-state index contributed by atoms with van der Waals surface area (Å²) in [6, 6.07) is 13.0. The van der Waals surface area contributed by atoms with Crippen LogP contribution in [0, 0.1) is 11.3 Å². The Hall–Kier alpha value is -2.67. The number of nitrogen functional groups attached to an aromatic ring is 1. The summed E-state index contributed by atoms with van der Waals surface area (Å²) in [5, 5.41) is 9.21. The van der Waals surface area contributed by atoms with Crippen molar-refractivity contribution in [2.75, 3.05) is 19.5 Å². The summed E-state index contributed by atoms with van der Waals surface area (Å²) in [7, 11) is 1.59. The molecule has 0 saturated heterocycles. The maximum Gasteiger partial charge on any atom is 0.161 e. The average Bonchev–Trinajstić information content (AvgIpc) is 2.48. The molecule has 0 aromatic heterocycles. The van der Waals surface area contributed by atoms with E-state index in [-0.39, 0.29) is 0 Å². The van der Waals surface area contributed by atoms with Crippen molar-refractivity contribution < 1.29 is 9.47 Å². The van der Waals surface area contributed by atoms with Gasteiger partial charge < -0.3 is 15.2 Å². The molecule has 0 aliphatic heterocycles. The molecule has 0 atom stereocenters. The molecule has 2 rings (SSSR count). The van der Waals surface area contributed by atoms with Gasteiger partial charge in [0.25, 0.3) is 0 Å². The van der Waals surface area contributed by atoms with E-state index < -0.39 is 0 Å². The summed E-state index contributed by atoms with van der Waals surface area (Å²) in [6.07, 6.45) is 0. The van der Waals surface area contributed by atoms with Gasteiger partial charge in [-0.1, -0.05) is 12.1 Å². The van der Waals surface area contributed by atoms with Gasteiger partial charge in [-0.2, -0.15) is 5.26 Å². The van der Waals surface area contributed by atoms with E-state index >= 15 is 0 Å². The number of hydrogen-bond acceptors (Lipinski definition) is 4. The second kappa shape index (κ2) is 5.98. The smallest absolute Gasteiger partial charge is 0.161 e. The number of nitrogens with two attached hydrogens (primary N) is 1. The van der Waals surface area contributed by atoms with Gasteiger partial charge in [-0.05, 0) is 42.3 Å². The van der Waals surface area contributed by atoms with Crippen LogP contribution in [0.5, 0.6) is 11.5 Å². The van der Waals surface area contributed by atoms with E-state index in [1.165, 1.54) is 0 Å². The van der Waals surface area contributed by atoms with Crippen LogP contribution < -0.4 is 15.2 Å². The first-order chi connectivity index (χ1) is 9.69. The zero-order valence-electron chi connectivity index (χ0n) is 11.5.